The van der Waals surface area contributed by atoms with E-state index in [2.05, 4.69) is 6.58 Å². The number of unbranched alkanes of at least 4 members (excludes halogenated alkanes) is 5. The van der Waals surface area contributed by atoms with Gasteiger partial charge in [-0.15, -0.1) is 0 Å². The summed E-state index contributed by atoms with van der Waals surface area (Å²) in [4.78, 5) is 13.2. The van der Waals surface area contributed by atoms with Crippen molar-refractivity contribution < 1.29 is 9.90 Å². The maximum atomic E-state index is 11.5. The van der Waals surface area contributed by atoms with Crippen LogP contribution in [0.15, 0.2) is 24.8 Å². The molecule has 17 heavy (non-hydrogen) atoms. The van der Waals surface area contributed by atoms with Crippen molar-refractivity contribution in [2.75, 3.05) is 20.2 Å². The Morgan fingerprint density at radius 3 is 2.35 bits per heavy atom. The van der Waals surface area contributed by atoms with Gasteiger partial charge < -0.3 is 10.0 Å². The van der Waals surface area contributed by atoms with E-state index in [0.29, 0.717) is 6.61 Å². The van der Waals surface area contributed by atoms with Crippen LogP contribution >= 0.6 is 0 Å². The van der Waals surface area contributed by atoms with Gasteiger partial charge in [-0.05, 0) is 12.8 Å². The highest BCUT2D eigenvalue weighted by Crippen LogP contribution is 2.05. The highest BCUT2D eigenvalue weighted by atomic mass is 16.2. The van der Waals surface area contributed by atoms with E-state index in [9.17, 15) is 4.79 Å². The van der Waals surface area contributed by atoms with Crippen molar-refractivity contribution in [2.24, 2.45) is 0 Å². The molecule has 0 aliphatic rings. The van der Waals surface area contributed by atoms with Crippen LogP contribution in [0.25, 0.3) is 0 Å². The normalized spacial score (nSPS) is 10.7. The Balaban J connectivity index is 3.44. The lowest BCUT2D eigenvalue weighted by Crippen LogP contribution is -2.25. The van der Waals surface area contributed by atoms with Crippen molar-refractivity contribution in [1.29, 1.82) is 0 Å². The first-order valence-electron chi connectivity index (χ1n) is 6.37. The molecule has 0 unspecified atom stereocenters. The third-order valence-corrected chi connectivity index (χ3v) is 2.65. The average Bonchev–Trinajstić information content (AvgIpc) is 2.34. The number of hydrogen-bond donors (Lipinski definition) is 1. The summed E-state index contributed by atoms with van der Waals surface area (Å²) in [6, 6.07) is 0. The Morgan fingerprint density at radius 1 is 1.18 bits per heavy atom. The highest BCUT2D eigenvalue weighted by Gasteiger charge is 2.02. The van der Waals surface area contributed by atoms with Crippen LogP contribution in [-0.4, -0.2) is 36.1 Å². The Labute approximate surface area is 105 Å². The predicted molar refractivity (Wildman–Crippen MR) is 71.8 cm³/mol. The van der Waals surface area contributed by atoms with Gasteiger partial charge in [0.15, 0.2) is 0 Å². The standard InChI is InChI=1S/C14H25NO2/c1-3-4-11-14(17)15(2)12-9-7-5-6-8-10-13-16/h3-4,11,16H,1,5-10,12-13H2,2H3/b11-4-. The number of carbonyl (C=O) groups excluding carboxylic acids is 1. The molecule has 0 bridgehead atoms. The van der Waals surface area contributed by atoms with Crippen molar-refractivity contribution in [3.8, 4) is 0 Å². The number of nitrogens with zero attached hydrogens (tertiary/aromatic N) is 1. The molecule has 1 N–H and O–H groups in total. The largest absolute Gasteiger partial charge is 0.396 e. The number of rotatable bonds is 10. The SMILES string of the molecule is C=C/C=C\C(=O)N(C)CCCCCCCCO. The molecule has 0 aliphatic heterocycles. The predicted octanol–water partition coefficient (Wildman–Crippen LogP) is 2.52. The summed E-state index contributed by atoms with van der Waals surface area (Å²) in [6.07, 6.45) is 11.4. The van der Waals surface area contributed by atoms with Gasteiger partial charge in [-0.1, -0.05) is 44.4 Å². The van der Waals surface area contributed by atoms with Gasteiger partial charge in [0.1, 0.15) is 0 Å². The first-order chi connectivity index (χ1) is 8.22. The Kier molecular flexibility index (Phi) is 10.7. The zero-order valence-electron chi connectivity index (χ0n) is 10.9. The summed E-state index contributed by atoms with van der Waals surface area (Å²) < 4.78 is 0. The third-order valence-electron chi connectivity index (χ3n) is 2.65. The summed E-state index contributed by atoms with van der Waals surface area (Å²) in [7, 11) is 1.82. The van der Waals surface area contributed by atoms with Gasteiger partial charge in [-0.3, -0.25) is 4.79 Å². The van der Waals surface area contributed by atoms with Crippen LogP contribution in [0.4, 0.5) is 0 Å². The molecule has 0 radical (unpaired) electrons. The van der Waals surface area contributed by atoms with E-state index >= 15 is 0 Å². The van der Waals surface area contributed by atoms with Gasteiger partial charge in [-0.25, -0.2) is 0 Å². The molecule has 0 saturated heterocycles. The quantitative estimate of drug-likeness (QED) is 0.361. The molecule has 3 nitrogen and oxygen atoms in total. The minimum atomic E-state index is 0.0326. The molecule has 98 valence electrons. The van der Waals surface area contributed by atoms with Crippen molar-refractivity contribution in [3.05, 3.63) is 24.8 Å². The van der Waals surface area contributed by atoms with Crippen LogP contribution in [0.5, 0.6) is 0 Å². The molecule has 3 heteroatoms. The number of aliphatic hydroxyl groups is 1. The molecule has 0 aromatic carbocycles. The maximum absolute atomic E-state index is 11.5. The van der Waals surface area contributed by atoms with E-state index in [0.717, 1.165) is 32.2 Å². The summed E-state index contributed by atoms with van der Waals surface area (Å²) in [5.41, 5.74) is 0. The van der Waals surface area contributed by atoms with Crippen LogP contribution in [-0.2, 0) is 4.79 Å². The fourth-order valence-electron chi connectivity index (χ4n) is 1.56. The van der Waals surface area contributed by atoms with E-state index in [1.807, 2.05) is 7.05 Å². The minimum Gasteiger partial charge on any atom is -0.396 e. The fraction of sp³-hybridized carbons (Fsp3) is 0.643. The van der Waals surface area contributed by atoms with Crippen LogP contribution in [0.2, 0.25) is 0 Å². The van der Waals surface area contributed by atoms with Crippen LogP contribution in [0, 0.1) is 0 Å². The van der Waals surface area contributed by atoms with Crippen LogP contribution < -0.4 is 0 Å². The van der Waals surface area contributed by atoms with Gasteiger partial charge in [0, 0.05) is 26.3 Å². The number of carbonyl (C=O) groups is 1. The second-order valence-corrected chi connectivity index (χ2v) is 4.20. The molecular formula is C14H25NO2. The highest BCUT2D eigenvalue weighted by molar-refractivity contribution is 5.87. The van der Waals surface area contributed by atoms with E-state index in [-0.39, 0.29) is 5.91 Å². The molecule has 0 atom stereocenters. The van der Waals surface area contributed by atoms with Gasteiger partial charge >= 0.3 is 0 Å². The fourth-order valence-corrected chi connectivity index (χ4v) is 1.56. The molecule has 0 aromatic rings. The monoisotopic (exact) mass is 239 g/mol. The number of aliphatic hydroxyl groups excluding tert-OH is 1. The second kappa shape index (κ2) is 11.4. The van der Waals surface area contributed by atoms with Gasteiger partial charge in [0.2, 0.25) is 5.91 Å². The van der Waals surface area contributed by atoms with Crippen molar-refractivity contribution in [3.63, 3.8) is 0 Å². The third kappa shape index (κ3) is 9.82. The van der Waals surface area contributed by atoms with Gasteiger partial charge in [0.05, 0.1) is 0 Å². The zero-order chi connectivity index (χ0) is 12.9. The maximum Gasteiger partial charge on any atom is 0.246 e. The lowest BCUT2D eigenvalue weighted by molar-refractivity contribution is -0.124. The molecule has 0 fully saturated rings. The molecule has 0 spiro atoms. The van der Waals surface area contributed by atoms with Crippen molar-refractivity contribution in [2.45, 2.75) is 38.5 Å². The Hall–Kier alpha value is -1.09. The van der Waals surface area contributed by atoms with Crippen molar-refractivity contribution >= 4 is 5.91 Å². The van der Waals surface area contributed by atoms with Crippen LogP contribution in [0.3, 0.4) is 0 Å². The first kappa shape index (κ1) is 15.9. The van der Waals surface area contributed by atoms with Crippen molar-refractivity contribution in [1.82, 2.24) is 4.90 Å². The molecule has 0 saturated carbocycles. The molecular weight excluding hydrogens is 214 g/mol. The number of allylic oxidation sites excluding steroid dienone is 2. The second-order valence-electron chi connectivity index (χ2n) is 4.20. The van der Waals surface area contributed by atoms with E-state index in [1.54, 1.807) is 17.1 Å². The van der Waals surface area contributed by atoms with Gasteiger partial charge in [0.25, 0.3) is 0 Å². The smallest absolute Gasteiger partial charge is 0.246 e. The number of likely N-dealkylation sites (N-methyl/N-ethyl adjacent to an activating group) is 1. The Bertz CT molecular complexity index is 236. The van der Waals surface area contributed by atoms with Gasteiger partial charge in [-0.2, -0.15) is 0 Å². The molecule has 0 aliphatic carbocycles. The zero-order valence-corrected chi connectivity index (χ0v) is 10.9. The lowest BCUT2D eigenvalue weighted by Gasteiger charge is -2.14. The topological polar surface area (TPSA) is 40.5 Å². The van der Waals surface area contributed by atoms with Crippen LogP contribution in [0.1, 0.15) is 38.5 Å². The first-order valence-corrected chi connectivity index (χ1v) is 6.37. The molecule has 0 aromatic heterocycles. The Morgan fingerprint density at radius 2 is 1.76 bits per heavy atom. The summed E-state index contributed by atoms with van der Waals surface area (Å²) in [5.74, 6) is 0.0326. The van der Waals surface area contributed by atoms with E-state index < -0.39 is 0 Å². The molecule has 0 heterocycles. The summed E-state index contributed by atoms with van der Waals surface area (Å²) >= 11 is 0. The summed E-state index contributed by atoms with van der Waals surface area (Å²) in [6.45, 7) is 4.63. The number of amides is 1. The molecule has 0 rings (SSSR count). The average molecular weight is 239 g/mol. The minimum absolute atomic E-state index is 0.0326. The summed E-state index contributed by atoms with van der Waals surface area (Å²) in [5, 5.41) is 8.62. The number of hydrogen-bond acceptors (Lipinski definition) is 2. The lowest BCUT2D eigenvalue weighted by atomic mass is 10.1. The van der Waals surface area contributed by atoms with E-state index in [1.165, 1.54) is 18.9 Å². The van der Waals surface area contributed by atoms with E-state index in [4.69, 9.17) is 5.11 Å². The molecule has 1 amide bonds.